The number of nitrogens with two attached hydrogens (primary N) is 1. The van der Waals surface area contributed by atoms with Crippen molar-refractivity contribution in [2.24, 2.45) is 5.73 Å². The van der Waals surface area contributed by atoms with Crippen LogP contribution in [0.5, 0.6) is 5.75 Å². The molecule has 0 amide bonds. The first-order valence-corrected chi connectivity index (χ1v) is 6.20. The molecule has 0 radical (unpaired) electrons. The lowest BCUT2D eigenvalue weighted by Crippen LogP contribution is -2.18. The maximum Gasteiger partial charge on any atom is 0.136 e. The first-order chi connectivity index (χ1) is 8.72. The van der Waals surface area contributed by atoms with E-state index in [0.29, 0.717) is 6.54 Å². The van der Waals surface area contributed by atoms with E-state index in [2.05, 4.69) is 19.9 Å². The summed E-state index contributed by atoms with van der Waals surface area (Å²) in [7, 11) is 0. The van der Waals surface area contributed by atoms with Crippen molar-refractivity contribution in [2.75, 3.05) is 6.54 Å². The second-order valence-corrected chi connectivity index (χ2v) is 4.45. The molecule has 0 fully saturated rings. The molecule has 2 aromatic carbocycles. The molecule has 0 aliphatic heterocycles. The van der Waals surface area contributed by atoms with E-state index in [-0.39, 0.29) is 6.10 Å². The first-order valence-electron chi connectivity index (χ1n) is 6.20. The molecule has 0 unspecified atom stereocenters. The van der Waals surface area contributed by atoms with Gasteiger partial charge in [0.05, 0.1) is 0 Å². The van der Waals surface area contributed by atoms with E-state index in [0.717, 1.165) is 11.3 Å². The van der Waals surface area contributed by atoms with Gasteiger partial charge in [0.2, 0.25) is 0 Å². The molecule has 0 spiro atoms. The lowest BCUT2D eigenvalue weighted by atomic mass is 10.1. The molecule has 2 nitrogen and oxygen atoms in total. The van der Waals surface area contributed by atoms with Crippen LogP contribution in [0.4, 0.5) is 0 Å². The van der Waals surface area contributed by atoms with E-state index < -0.39 is 0 Å². The number of hydrogen-bond donors (Lipinski definition) is 1. The summed E-state index contributed by atoms with van der Waals surface area (Å²) < 4.78 is 6.04. The fraction of sp³-hybridized carbons (Fsp3) is 0.250. The van der Waals surface area contributed by atoms with Crippen molar-refractivity contribution in [1.29, 1.82) is 0 Å². The fourth-order valence-corrected chi connectivity index (χ4v) is 1.93. The molecule has 0 heterocycles. The highest BCUT2D eigenvalue weighted by Gasteiger charge is 2.12. The largest absolute Gasteiger partial charge is 0.484 e. The van der Waals surface area contributed by atoms with Gasteiger partial charge in [-0.05, 0) is 36.6 Å². The standard InChI is InChI=1S/C16H19NO/c1-12-7-6-10-15(13(12)2)18-16(11-17)14-8-4-3-5-9-14/h3-10,16H,11,17H2,1-2H3/t16-/m1/s1. The SMILES string of the molecule is Cc1cccc(O[C@H](CN)c2ccccc2)c1C. The van der Waals surface area contributed by atoms with Crippen molar-refractivity contribution in [3.8, 4) is 5.75 Å². The van der Waals surface area contributed by atoms with E-state index in [1.807, 2.05) is 42.5 Å². The summed E-state index contributed by atoms with van der Waals surface area (Å²) in [5.74, 6) is 0.911. The maximum atomic E-state index is 6.04. The Morgan fingerprint density at radius 2 is 1.72 bits per heavy atom. The molecule has 1 atom stereocenters. The normalized spacial score (nSPS) is 12.2. The average Bonchev–Trinajstić information content (AvgIpc) is 2.41. The van der Waals surface area contributed by atoms with Crippen LogP contribution in [0.2, 0.25) is 0 Å². The zero-order chi connectivity index (χ0) is 13.0. The summed E-state index contributed by atoms with van der Waals surface area (Å²) in [6.07, 6.45) is -0.0910. The zero-order valence-corrected chi connectivity index (χ0v) is 10.9. The van der Waals surface area contributed by atoms with Crippen LogP contribution in [-0.2, 0) is 0 Å². The summed E-state index contributed by atoms with van der Waals surface area (Å²) >= 11 is 0. The Labute approximate surface area is 108 Å². The molecule has 2 N–H and O–H groups in total. The summed E-state index contributed by atoms with van der Waals surface area (Å²) in [5.41, 5.74) is 9.33. The topological polar surface area (TPSA) is 35.2 Å². The third kappa shape index (κ3) is 2.71. The van der Waals surface area contributed by atoms with Gasteiger partial charge in [-0.2, -0.15) is 0 Å². The highest BCUT2D eigenvalue weighted by Crippen LogP contribution is 2.26. The quantitative estimate of drug-likeness (QED) is 0.890. The van der Waals surface area contributed by atoms with Crippen LogP contribution in [0.15, 0.2) is 48.5 Å². The van der Waals surface area contributed by atoms with Gasteiger partial charge in [-0.25, -0.2) is 0 Å². The second-order valence-electron chi connectivity index (χ2n) is 4.45. The minimum atomic E-state index is -0.0910. The van der Waals surface area contributed by atoms with Crippen molar-refractivity contribution in [3.05, 3.63) is 65.2 Å². The molecule has 2 rings (SSSR count). The lowest BCUT2D eigenvalue weighted by molar-refractivity contribution is 0.212. The molecule has 2 heteroatoms. The third-order valence-corrected chi connectivity index (χ3v) is 3.21. The van der Waals surface area contributed by atoms with Crippen molar-refractivity contribution in [1.82, 2.24) is 0 Å². The lowest BCUT2D eigenvalue weighted by Gasteiger charge is -2.19. The fourth-order valence-electron chi connectivity index (χ4n) is 1.93. The maximum absolute atomic E-state index is 6.04. The molecule has 0 saturated carbocycles. The number of hydrogen-bond acceptors (Lipinski definition) is 2. The van der Waals surface area contributed by atoms with Gasteiger partial charge in [0.25, 0.3) is 0 Å². The van der Waals surface area contributed by atoms with Crippen LogP contribution in [0.3, 0.4) is 0 Å². The Hall–Kier alpha value is -1.80. The van der Waals surface area contributed by atoms with E-state index in [4.69, 9.17) is 10.5 Å². The Morgan fingerprint density at radius 3 is 2.39 bits per heavy atom. The van der Waals surface area contributed by atoms with Gasteiger partial charge in [0, 0.05) is 6.54 Å². The molecule has 94 valence electrons. The van der Waals surface area contributed by atoms with Gasteiger partial charge in [-0.1, -0.05) is 42.5 Å². The number of rotatable bonds is 4. The predicted molar refractivity (Wildman–Crippen MR) is 74.8 cm³/mol. The summed E-state index contributed by atoms with van der Waals surface area (Å²) in [4.78, 5) is 0. The van der Waals surface area contributed by atoms with Gasteiger partial charge in [0.1, 0.15) is 11.9 Å². The highest BCUT2D eigenvalue weighted by atomic mass is 16.5. The van der Waals surface area contributed by atoms with E-state index in [1.54, 1.807) is 0 Å². The molecule has 0 aliphatic carbocycles. The summed E-state index contributed by atoms with van der Waals surface area (Å²) in [6.45, 7) is 4.63. The van der Waals surface area contributed by atoms with E-state index >= 15 is 0 Å². The van der Waals surface area contributed by atoms with Crippen molar-refractivity contribution in [3.63, 3.8) is 0 Å². The summed E-state index contributed by atoms with van der Waals surface area (Å²) in [6, 6.07) is 16.2. The molecule has 0 bridgehead atoms. The first kappa shape index (κ1) is 12.7. The van der Waals surface area contributed by atoms with Gasteiger partial charge in [-0.15, -0.1) is 0 Å². The Kier molecular flexibility index (Phi) is 4.00. The Bertz CT molecular complexity index is 508. The Balaban J connectivity index is 2.24. The van der Waals surface area contributed by atoms with E-state index in [9.17, 15) is 0 Å². The number of ether oxygens (including phenoxy) is 1. The van der Waals surface area contributed by atoms with E-state index in [1.165, 1.54) is 11.1 Å². The van der Waals surface area contributed by atoms with Crippen molar-refractivity contribution in [2.45, 2.75) is 20.0 Å². The molecule has 18 heavy (non-hydrogen) atoms. The molecule has 0 saturated heterocycles. The molecule has 2 aromatic rings. The van der Waals surface area contributed by atoms with Crippen LogP contribution in [0.25, 0.3) is 0 Å². The van der Waals surface area contributed by atoms with Gasteiger partial charge in [0.15, 0.2) is 0 Å². The molecule has 0 aliphatic rings. The highest BCUT2D eigenvalue weighted by molar-refractivity contribution is 5.38. The second kappa shape index (κ2) is 5.69. The Morgan fingerprint density at radius 1 is 1.00 bits per heavy atom. The van der Waals surface area contributed by atoms with Crippen LogP contribution in [0, 0.1) is 13.8 Å². The van der Waals surface area contributed by atoms with Crippen LogP contribution in [-0.4, -0.2) is 6.54 Å². The van der Waals surface area contributed by atoms with Crippen LogP contribution >= 0.6 is 0 Å². The smallest absolute Gasteiger partial charge is 0.136 e. The minimum Gasteiger partial charge on any atom is -0.484 e. The minimum absolute atomic E-state index is 0.0910. The third-order valence-electron chi connectivity index (χ3n) is 3.21. The number of aryl methyl sites for hydroxylation is 1. The molecular weight excluding hydrogens is 222 g/mol. The van der Waals surface area contributed by atoms with Crippen molar-refractivity contribution < 1.29 is 4.74 Å². The zero-order valence-electron chi connectivity index (χ0n) is 10.9. The summed E-state index contributed by atoms with van der Waals surface area (Å²) in [5, 5.41) is 0. The van der Waals surface area contributed by atoms with Crippen molar-refractivity contribution >= 4 is 0 Å². The number of benzene rings is 2. The molecular formula is C16H19NO. The van der Waals surface area contributed by atoms with Crippen LogP contribution in [0.1, 0.15) is 22.8 Å². The van der Waals surface area contributed by atoms with Gasteiger partial charge >= 0.3 is 0 Å². The van der Waals surface area contributed by atoms with Crippen LogP contribution < -0.4 is 10.5 Å². The average molecular weight is 241 g/mol. The van der Waals surface area contributed by atoms with Gasteiger partial charge < -0.3 is 10.5 Å². The van der Waals surface area contributed by atoms with Gasteiger partial charge in [-0.3, -0.25) is 0 Å². The predicted octanol–water partition coefficient (Wildman–Crippen LogP) is 3.38. The molecule has 0 aromatic heterocycles. The monoisotopic (exact) mass is 241 g/mol.